The fraction of sp³-hybridized carbons (Fsp3) is 0.414. The monoisotopic (exact) mass is 512 g/mol. The summed E-state index contributed by atoms with van der Waals surface area (Å²) in [6.45, 7) is 2.78. The van der Waals surface area contributed by atoms with Gasteiger partial charge < -0.3 is 4.90 Å². The number of carbonyl (C=O) groups is 5. The average molecular weight is 513 g/mol. The summed E-state index contributed by atoms with van der Waals surface area (Å²) in [5, 5.41) is 1.47. The number of benzene rings is 2. The average Bonchev–Trinajstić information content (AvgIpc) is 3.62. The zero-order valence-corrected chi connectivity index (χ0v) is 20.9. The van der Waals surface area contributed by atoms with Gasteiger partial charge in [-0.3, -0.25) is 38.7 Å². The first-order chi connectivity index (χ1) is 18.4. The molecule has 5 amide bonds. The van der Waals surface area contributed by atoms with E-state index in [0.29, 0.717) is 55.8 Å². The lowest BCUT2D eigenvalue weighted by Crippen LogP contribution is -2.54. The van der Waals surface area contributed by atoms with Gasteiger partial charge in [-0.15, -0.1) is 0 Å². The van der Waals surface area contributed by atoms with E-state index in [9.17, 15) is 24.0 Å². The summed E-state index contributed by atoms with van der Waals surface area (Å²) in [7, 11) is 0. The molecule has 0 unspecified atom stereocenters. The minimum atomic E-state index is -0.445. The van der Waals surface area contributed by atoms with Crippen LogP contribution in [0, 0.1) is 23.7 Å². The van der Waals surface area contributed by atoms with E-state index in [0.717, 1.165) is 16.7 Å². The maximum absolute atomic E-state index is 13.1. The molecule has 4 atom stereocenters. The van der Waals surface area contributed by atoms with Crippen molar-refractivity contribution >= 4 is 40.3 Å². The van der Waals surface area contributed by atoms with E-state index in [1.165, 1.54) is 4.90 Å². The minimum Gasteiger partial charge on any atom is -0.339 e. The van der Waals surface area contributed by atoms with Crippen LogP contribution in [0.1, 0.15) is 27.1 Å². The highest BCUT2D eigenvalue weighted by molar-refractivity contribution is 6.26. The highest BCUT2D eigenvalue weighted by Crippen LogP contribution is 2.52. The Hall–Kier alpha value is -3.85. The Morgan fingerprint density at radius 2 is 1.32 bits per heavy atom. The second-order valence-corrected chi connectivity index (χ2v) is 11.0. The number of nitrogens with zero attached hydrogens (tertiary/aromatic N) is 4. The third-order valence-corrected chi connectivity index (χ3v) is 9.08. The summed E-state index contributed by atoms with van der Waals surface area (Å²) in [6.07, 6.45) is 5.12. The Labute approximate surface area is 219 Å². The Balaban J connectivity index is 0.948. The largest absolute Gasteiger partial charge is 0.339 e. The summed E-state index contributed by atoms with van der Waals surface area (Å²) in [6, 6.07) is 10.7. The molecule has 2 aliphatic carbocycles. The summed E-state index contributed by atoms with van der Waals surface area (Å²) in [5.74, 6) is -1.14. The quantitative estimate of drug-likeness (QED) is 0.444. The Morgan fingerprint density at radius 1 is 0.737 bits per heavy atom. The van der Waals surface area contributed by atoms with Gasteiger partial charge in [0.25, 0.3) is 11.8 Å². The van der Waals surface area contributed by atoms with E-state index in [4.69, 9.17) is 0 Å². The van der Waals surface area contributed by atoms with Crippen molar-refractivity contribution < 1.29 is 24.0 Å². The van der Waals surface area contributed by atoms with Gasteiger partial charge in [0.2, 0.25) is 17.7 Å². The molecule has 3 heterocycles. The highest BCUT2D eigenvalue weighted by Gasteiger charge is 2.59. The van der Waals surface area contributed by atoms with E-state index in [1.54, 1.807) is 29.2 Å². The Morgan fingerprint density at radius 3 is 1.89 bits per heavy atom. The van der Waals surface area contributed by atoms with Crippen molar-refractivity contribution in [1.82, 2.24) is 19.6 Å². The lowest BCUT2D eigenvalue weighted by atomic mass is 9.85. The number of piperazine rings is 1. The molecule has 0 spiro atoms. The second-order valence-electron chi connectivity index (χ2n) is 11.0. The molecule has 2 aromatic rings. The third kappa shape index (κ3) is 3.37. The van der Waals surface area contributed by atoms with Crippen molar-refractivity contribution in [3.8, 4) is 0 Å². The van der Waals surface area contributed by atoms with Crippen LogP contribution in [0.15, 0.2) is 48.6 Å². The first-order valence-corrected chi connectivity index (χ1v) is 13.3. The maximum atomic E-state index is 13.1. The van der Waals surface area contributed by atoms with Gasteiger partial charge in [0, 0.05) is 55.8 Å². The molecule has 38 heavy (non-hydrogen) atoms. The topological polar surface area (TPSA) is 98.3 Å². The number of allylic oxidation sites excluding steroid dienone is 2. The van der Waals surface area contributed by atoms with Crippen LogP contribution in [0.5, 0.6) is 0 Å². The molecule has 7 rings (SSSR count). The van der Waals surface area contributed by atoms with E-state index >= 15 is 0 Å². The second kappa shape index (κ2) is 8.59. The summed E-state index contributed by atoms with van der Waals surface area (Å²) >= 11 is 0. The van der Waals surface area contributed by atoms with Crippen LogP contribution in [0.25, 0.3) is 10.8 Å². The number of carbonyl (C=O) groups excluding carboxylic acids is 5. The van der Waals surface area contributed by atoms with Crippen molar-refractivity contribution in [2.75, 3.05) is 45.8 Å². The Bertz CT molecular complexity index is 1360. The number of amides is 5. The fourth-order valence-electron chi connectivity index (χ4n) is 7.11. The first-order valence-electron chi connectivity index (χ1n) is 13.3. The highest BCUT2D eigenvalue weighted by atomic mass is 16.2. The molecular formula is C29H28N4O5. The smallest absolute Gasteiger partial charge is 0.261 e. The zero-order chi connectivity index (χ0) is 26.1. The molecule has 3 aliphatic heterocycles. The minimum absolute atomic E-state index is 0.0289. The summed E-state index contributed by atoms with van der Waals surface area (Å²) in [4.78, 5) is 71.5. The van der Waals surface area contributed by atoms with Crippen molar-refractivity contribution in [2.24, 2.45) is 23.7 Å². The number of hydrogen-bond acceptors (Lipinski definition) is 6. The standard InChI is InChI=1S/C29H28N4O5/c34-22(16-33-26(35)20-5-1-3-17-4-2-6-21(23(17)20)27(33)36)31-12-9-30(10-13-31)11-14-32-28(37)24-18-7-8-19(15-18)25(24)29(32)38/h1-8,18-19,24-25H,9-16H2/t18-,19+,24-,25-/m0/s1. The molecule has 2 bridgehead atoms. The molecule has 3 fully saturated rings. The number of hydrogen-bond donors (Lipinski definition) is 0. The lowest BCUT2D eigenvalue weighted by Gasteiger charge is -2.36. The molecular weight excluding hydrogens is 484 g/mol. The van der Waals surface area contributed by atoms with Gasteiger partial charge >= 0.3 is 0 Å². The predicted molar refractivity (Wildman–Crippen MR) is 137 cm³/mol. The van der Waals surface area contributed by atoms with Crippen LogP contribution in [-0.4, -0.2) is 94.9 Å². The van der Waals surface area contributed by atoms with Gasteiger partial charge in [-0.25, -0.2) is 0 Å². The van der Waals surface area contributed by atoms with E-state index in [1.807, 2.05) is 12.1 Å². The third-order valence-electron chi connectivity index (χ3n) is 9.08. The molecule has 194 valence electrons. The van der Waals surface area contributed by atoms with Crippen LogP contribution < -0.4 is 0 Å². The zero-order valence-electron chi connectivity index (χ0n) is 20.9. The molecule has 5 aliphatic rings. The van der Waals surface area contributed by atoms with Crippen LogP contribution >= 0.6 is 0 Å². The molecule has 2 saturated heterocycles. The molecule has 2 aromatic carbocycles. The van der Waals surface area contributed by atoms with Crippen LogP contribution in [0.3, 0.4) is 0 Å². The van der Waals surface area contributed by atoms with Crippen LogP contribution in [-0.2, 0) is 14.4 Å². The van der Waals surface area contributed by atoms with Gasteiger partial charge in [0.05, 0.1) is 11.8 Å². The molecule has 1 saturated carbocycles. The molecule has 0 aromatic heterocycles. The molecule has 0 N–H and O–H groups in total. The summed E-state index contributed by atoms with van der Waals surface area (Å²) < 4.78 is 0. The SMILES string of the molecule is O=C(CN1C(=O)c2cccc3cccc(c23)C1=O)N1CCN(CCN2C(=O)[C@@H]3[C@@H](C2=O)[C@H]2C=C[C@@H]3C2)CC1. The van der Waals surface area contributed by atoms with E-state index in [-0.39, 0.29) is 47.9 Å². The summed E-state index contributed by atoms with van der Waals surface area (Å²) in [5.41, 5.74) is 0.878. The van der Waals surface area contributed by atoms with Crippen molar-refractivity contribution in [3.63, 3.8) is 0 Å². The van der Waals surface area contributed by atoms with Crippen molar-refractivity contribution in [2.45, 2.75) is 6.42 Å². The van der Waals surface area contributed by atoms with E-state index in [2.05, 4.69) is 17.1 Å². The Kier molecular flexibility index (Phi) is 5.26. The van der Waals surface area contributed by atoms with Crippen LogP contribution in [0.2, 0.25) is 0 Å². The number of likely N-dealkylation sites (tertiary alicyclic amines) is 1. The van der Waals surface area contributed by atoms with Crippen molar-refractivity contribution in [1.29, 1.82) is 0 Å². The normalized spacial score (nSPS) is 28.3. The number of fused-ring (bicyclic) bond motifs is 5. The van der Waals surface area contributed by atoms with Gasteiger partial charge in [-0.1, -0.05) is 36.4 Å². The van der Waals surface area contributed by atoms with E-state index < -0.39 is 11.8 Å². The van der Waals surface area contributed by atoms with Gasteiger partial charge in [0.1, 0.15) is 6.54 Å². The molecule has 9 nitrogen and oxygen atoms in total. The van der Waals surface area contributed by atoms with Gasteiger partial charge in [-0.2, -0.15) is 0 Å². The maximum Gasteiger partial charge on any atom is 0.261 e. The van der Waals surface area contributed by atoms with Crippen LogP contribution in [0.4, 0.5) is 0 Å². The number of rotatable bonds is 5. The van der Waals surface area contributed by atoms with Crippen molar-refractivity contribution in [3.05, 3.63) is 59.7 Å². The predicted octanol–water partition coefficient (Wildman–Crippen LogP) is 1.39. The van der Waals surface area contributed by atoms with Gasteiger partial charge in [-0.05, 0) is 35.8 Å². The first kappa shape index (κ1) is 23.3. The lowest BCUT2D eigenvalue weighted by molar-refractivity contribution is -0.141. The van der Waals surface area contributed by atoms with Gasteiger partial charge in [0.15, 0.2) is 0 Å². The molecule has 9 heteroatoms. The molecule has 0 radical (unpaired) electrons. The fourth-order valence-corrected chi connectivity index (χ4v) is 7.11. The number of imide groups is 2.